The summed E-state index contributed by atoms with van der Waals surface area (Å²) in [6.45, 7) is 2.68. The van der Waals surface area contributed by atoms with Gasteiger partial charge in [-0.15, -0.1) is 11.3 Å². The first-order chi connectivity index (χ1) is 7.65. The normalized spacial score (nSPS) is 10.4. The van der Waals surface area contributed by atoms with E-state index >= 15 is 0 Å². The standard InChI is InChI=1S/C10H9BrClN3S/c1-6-13-4-8(16-6)5-15-10-9(12)2-7(11)3-14-10/h2-4H,5H2,1H3,(H,14,15). The molecular weight excluding hydrogens is 310 g/mol. The first kappa shape index (κ1) is 11.8. The lowest BCUT2D eigenvalue weighted by Crippen LogP contribution is -2.00. The number of nitrogens with zero attached hydrogens (tertiary/aromatic N) is 2. The van der Waals surface area contributed by atoms with Gasteiger partial charge in [-0.25, -0.2) is 9.97 Å². The van der Waals surface area contributed by atoms with Crippen molar-refractivity contribution in [2.45, 2.75) is 13.5 Å². The number of nitrogens with one attached hydrogen (secondary N) is 1. The molecule has 0 atom stereocenters. The quantitative estimate of drug-likeness (QED) is 0.933. The Morgan fingerprint density at radius 1 is 1.44 bits per heavy atom. The number of pyridine rings is 1. The maximum absolute atomic E-state index is 6.03. The van der Waals surface area contributed by atoms with Crippen molar-refractivity contribution in [2.75, 3.05) is 5.32 Å². The molecule has 0 unspecified atom stereocenters. The number of aryl methyl sites for hydroxylation is 1. The summed E-state index contributed by atoms with van der Waals surface area (Å²) in [4.78, 5) is 9.54. The van der Waals surface area contributed by atoms with Gasteiger partial charge in [-0.2, -0.15) is 0 Å². The van der Waals surface area contributed by atoms with Gasteiger partial charge in [-0.05, 0) is 28.9 Å². The van der Waals surface area contributed by atoms with Crippen LogP contribution in [0.3, 0.4) is 0 Å². The van der Waals surface area contributed by atoms with Gasteiger partial charge >= 0.3 is 0 Å². The first-order valence-corrected chi connectivity index (χ1v) is 6.60. The monoisotopic (exact) mass is 317 g/mol. The van der Waals surface area contributed by atoms with Crippen molar-refractivity contribution in [1.29, 1.82) is 0 Å². The summed E-state index contributed by atoms with van der Waals surface area (Å²) >= 11 is 11.0. The molecule has 0 saturated carbocycles. The third kappa shape index (κ3) is 2.93. The second-order valence-corrected chi connectivity index (χ2v) is 5.83. The fourth-order valence-electron chi connectivity index (χ4n) is 1.20. The van der Waals surface area contributed by atoms with E-state index < -0.39 is 0 Å². The molecule has 2 rings (SSSR count). The number of halogens is 2. The van der Waals surface area contributed by atoms with Gasteiger partial charge in [0.1, 0.15) is 5.82 Å². The fourth-order valence-corrected chi connectivity index (χ4v) is 2.63. The SMILES string of the molecule is Cc1ncc(CNc2ncc(Br)cc2Cl)s1. The lowest BCUT2D eigenvalue weighted by molar-refractivity contribution is 1.13. The molecule has 2 aromatic heterocycles. The Labute approximate surface area is 111 Å². The van der Waals surface area contributed by atoms with E-state index in [1.807, 2.05) is 19.2 Å². The third-order valence-corrected chi connectivity index (χ3v) is 3.54. The van der Waals surface area contributed by atoms with Crippen LogP contribution in [0.2, 0.25) is 5.02 Å². The van der Waals surface area contributed by atoms with Gasteiger partial charge in [-0.3, -0.25) is 0 Å². The average molecular weight is 319 g/mol. The van der Waals surface area contributed by atoms with Crippen LogP contribution in [-0.4, -0.2) is 9.97 Å². The minimum absolute atomic E-state index is 0.607. The lowest BCUT2D eigenvalue weighted by Gasteiger charge is -2.05. The Morgan fingerprint density at radius 2 is 2.25 bits per heavy atom. The highest BCUT2D eigenvalue weighted by Crippen LogP contribution is 2.23. The van der Waals surface area contributed by atoms with Crippen molar-refractivity contribution in [3.8, 4) is 0 Å². The summed E-state index contributed by atoms with van der Waals surface area (Å²) < 4.78 is 0.872. The Morgan fingerprint density at radius 3 is 2.88 bits per heavy atom. The van der Waals surface area contributed by atoms with Crippen LogP contribution in [0.1, 0.15) is 9.88 Å². The van der Waals surface area contributed by atoms with Crippen LogP contribution in [-0.2, 0) is 6.54 Å². The fraction of sp³-hybridized carbons (Fsp3) is 0.200. The summed E-state index contributed by atoms with van der Waals surface area (Å²) in [5, 5.41) is 4.85. The zero-order valence-corrected chi connectivity index (χ0v) is 11.7. The van der Waals surface area contributed by atoms with Crippen molar-refractivity contribution >= 4 is 44.7 Å². The second-order valence-electron chi connectivity index (χ2n) is 3.18. The molecule has 0 radical (unpaired) electrons. The Balaban J connectivity index is 2.04. The van der Waals surface area contributed by atoms with Gasteiger partial charge in [0.25, 0.3) is 0 Å². The molecule has 2 heterocycles. The van der Waals surface area contributed by atoms with Crippen molar-refractivity contribution in [3.05, 3.63) is 37.8 Å². The van der Waals surface area contributed by atoms with E-state index in [1.54, 1.807) is 17.5 Å². The number of hydrogen-bond donors (Lipinski definition) is 1. The molecule has 0 fully saturated rings. The van der Waals surface area contributed by atoms with Crippen LogP contribution < -0.4 is 5.32 Å². The van der Waals surface area contributed by atoms with Crippen LogP contribution in [0, 0.1) is 6.92 Å². The summed E-state index contributed by atoms with van der Waals surface area (Å²) in [5.41, 5.74) is 0. The van der Waals surface area contributed by atoms with Gasteiger partial charge < -0.3 is 5.32 Å². The van der Waals surface area contributed by atoms with Crippen LogP contribution in [0.4, 0.5) is 5.82 Å². The zero-order chi connectivity index (χ0) is 11.5. The summed E-state index contributed by atoms with van der Waals surface area (Å²) in [6.07, 6.45) is 3.58. The molecule has 0 spiro atoms. The zero-order valence-electron chi connectivity index (χ0n) is 8.50. The summed E-state index contributed by atoms with van der Waals surface area (Å²) in [5.74, 6) is 0.691. The van der Waals surface area contributed by atoms with Gasteiger partial charge in [0, 0.05) is 21.7 Å². The van der Waals surface area contributed by atoms with Crippen LogP contribution in [0.25, 0.3) is 0 Å². The van der Waals surface area contributed by atoms with E-state index in [1.165, 1.54) is 4.88 Å². The van der Waals surface area contributed by atoms with Gasteiger partial charge in [0.15, 0.2) is 0 Å². The highest BCUT2D eigenvalue weighted by atomic mass is 79.9. The number of hydrogen-bond acceptors (Lipinski definition) is 4. The van der Waals surface area contributed by atoms with E-state index in [-0.39, 0.29) is 0 Å². The third-order valence-electron chi connectivity index (χ3n) is 1.91. The minimum Gasteiger partial charge on any atom is -0.364 e. The first-order valence-electron chi connectivity index (χ1n) is 4.61. The molecule has 0 saturated heterocycles. The Kier molecular flexibility index (Phi) is 3.78. The largest absolute Gasteiger partial charge is 0.364 e. The van der Waals surface area contributed by atoms with Crippen molar-refractivity contribution in [1.82, 2.24) is 9.97 Å². The number of aromatic nitrogens is 2. The summed E-state index contributed by atoms with van der Waals surface area (Å²) in [6, 6.07) is 1.81. The van der Waals surface area contributed by atoms with Gasteiger partial charge in [-0.1, -0.05) is 11.6 Å². The van der Waals surface area contributed by atoms with E-state index in [0.29, 0.717) is 17.4 Å². The predicted octanol–water partition coefficient (Wildman–Crippen LogP) is 3.87. The highest BCUT2D eigenvalue weighted by Gasteiger charge is 2.03. The topological polar surface area (TPSA) is 37.8 Å². The predicted molar refractivity (Wildman–Crippen MR) is 71.1 cm³/mol. The second kappa shape index (κ2) is 5.12. The average Bonchev–Trinajstić information content (AvgIpc) is 2.63. The van der Waals surface area contributed by atoms with E-state index in [4.69, 9.17) is 11.6 Å². The molecule has 0 aliphatic rings. The smallest absolute Gasteiger partial charge is 0.145 e. The molecule has 2 aromatic rings. The molecule has 6 heteroatoms. The number of thiazole rings is 1. The van der Waals surface area contributed by atoms with E-state index in [0.717, 1.165) is 9.48 Å². The highest BCUT2D eigenvalue weighted by molar-refractivity contribution is 9.10. The molecule has 0 bridgehead atoms. The Bertz CT molecular complexity index is 501. The molecule has 16 heavy (non-hydrogen) atoms. The van der Waals surface area contributed by atoms with E-state index in [2.05, 4.69) is 31.2 Å². The van der Waals surface area contributed by atoms with Crippen LogP contribution >= 0.6 is 38.9 Å². The molecule has 0 aliphatic heterocycles. The molecule has 0 aromatic carbocycles. The maximum atomic E-state index is 6.03. The molecule has 3 nitrogen and oxygen atoms in total. The molecule has 0 amide bonds. The van der Waals surface area contributed by atoms with Crippen molar-refractivity contribution in [3.63, 3.8) is 0 Å². The van der Waals surface area contributed by atoms with Gasteiger partial charge in [0.05, 0.1) is 16.6 Å². The van der Waals surface area contributed by atoms with Gasteiger partial charge in [0.2, 0.25) is 0 Å². The number of rotatable bonds is 3. The lowest BCUT2D eigenvalue weighted by atomic mass is 10.4. The Hall–Kier alpha value is -0.650. The molecule has 1 N–H and O–H groups in total. The maximum Gasteiger partial charge on any atom is 0.145 e. The molecule has 84 valence electrons. The number of anilines is 1. The van der Waals surface area contributed by atoms with Crippen molar-refractivity contribution < 1.29 is 0 Å². The minimum atomic E-state index is 0.607. The molecule has 0 aliphatic carbocycles. The molecular formula is C10H9BrClN3S. The van der Waals surface area contributed by atoms with Crippen LogP contribution in [0.5, 0.6) is 0 Å². The van der Waals surface area contributed by atoms with Crippen LogP contribution in [0.15, 0.2) is 22.9 Å². The summed E-state index contributed by atoms with van der Waals surface area (Å²) in [7, 11) is 0. The van der Waals surface area contributed by atoms with Crippen molar-refractivity contribution in [2.24, 2.45) is 0 Å². The van der Waals surface area contributed by atoms with E-state index in [9.17, 15) is 0 Å².